The summed E-state index contributed by atoms with van der Waals surface area (Å²) in [6.45, 7) is 1.86. The van der Waals surface area contributed by atoms with Gasteiger partial charge in [-0.05, 0) is 78.2 Å². The lowest BCUT2D eigenvalue weighted by Crippen LogP contribution is -2.13. The van der Waals surface area contributed by atoms with Crippen molar-refractivity contribution in [2.24, 2.45) is 0 Å². The number of nitrogens with zero attached hydrogens (tertiary/aromatic N) is 1. The fourth-order valence-electron chi connectivity index (χ4n) is 3.22. The zero-order chi connectivity index (χ0) is 23.6. The Morgan fingerprint density at radius 3 is 2.27 bits per heavy atom. The van der Waals surface area contributed by atoms with Crippen LogP contribution in [0.2, 0.25) is 0 Å². The van der Waals surface area contributed by atoms with E-state index in [9.17, 15) is 13.4 Å². The Kier molecular flexibility index (Phi) is 5.93. The molecule has 33 heavy (non-hydrogen) atoms. The number of aryl methyl sites for hydroxylation is 1. The Balaban J connectivity index is 1.55. The lowest BCUT2D eigenvalue weighted by molar-refractivity contribution is 0.102. The number of rotatable bonds is 5. The smallest absolute Gasteiger partial charge is 0.255 e. The van der Waals surface area contributed by atoms with E-state index in [0.717, 1.165) is 16.7 Å². The summed E-state index contributed by atoms with van der Waals surface area (Å²) in [5.41, 5.74) is 9.60. The number of anilines is 2. The molecule has 4 rings (SSSR count). The quantitative estimate of drug-likeness (QED) is 0.342. The zero-order valence-corrected chi connectivity index (χ0v) is 18.5. The van der Waals surface area contributed by atoms with Crippen LogP contribution in [0.3, 0.4) is 0 Å². The molecule has 0 saturated heterocycles. The minimum Gasteiger partial charge on any atom is -0.397 e. The molecule has 8 heteroatoms. The third kappa shape index (κ3) is 4.75. The number of hydrogen-bond donors (Lipinski definition) is 3. The first-order valence-corrected chi connectivity index (χ1v) is 11.6. The van der Waals surface area contributed by atoms with Crippen LogP contribution in [0.15, 0.2) is 95.0 Å². The molecule has 0 bridgehead atoms. The van der Waals surface area contributed by atoms with E-state index in [1.54, 1.807) is 48.7 Å². The van der Waals surface area contributed by atoms with E-state index in [2.05, 4.69) is 10.3 Å². The van der Waals surface area contributed by atoms with Crippen LogP contribution in [0.1, 0.15) is 15.9 Å². The average Bonchev–Trinajstić information content (AvgIpc) is 2.81. The van der Waals surface area contributed by atoms with Crippen molar-refractivity contribution in [2.45, 2.75) is 16.8 Å². The van der Waals surface area contributed by atoms with Gasteiger partial charge in [0.05, 0.1) is 16.3 Å². The van der Waals surface area contributed by atoms with E-state index < -0.39 is 15.6 Å². The van der Waals surface area contributed by atoms with Gasteiger partial charge >= 0.3 is 0 Å². The van der Waals surface area contributed by atoms with Crippen molar-refractivity contribution in [3.05, 3.63) is 102 Å². The van der Waals surface area contributed by atoms with Crippen molar-refractivity contribution >= 4 is 27.0 Å². The van der Waals surface area contributed by atoms with Crippen LogP contribution in [0.25, 0.3) is 11.1 Å². The van der Waals surface area contributed by atoms with Gasteiger partial charge in [-0.1, -0.05) is 24.3 Å². The van der Waals surface area contributed by atoms with Crippen molar-refractivity contribution in [1.29, 1.82) is 4.78 Å². The molecule has 0 fully saturated rings. The summed E-state index contributed by atoms with van der Waals surface area (Å²) in [5, 5.41) is 2.94. The molecule has 0 aliphatic rings. The number of nitrogens with two attached hydrogens (primary N) is 1. The highest BCUT2D eigenvalue weighted by Gasteiger charge is 2.16. The highest BCUT2D eigenvalue weighted by atomic mass is 32.2. The predicted molar refractivity (Wildman–Crippen MR) is 127 cm³/mol. The molecule has 1 atom stereocenters. The minimum atomic E-state index is -3.29. The number of carbonyl (C=O) groups excluding carboxylic acids is 1. The fraction of sp³-hybridized carbons (Fsp3) is 0.0400. The van der Waals surface area contributed by atoms with E-state index >= 15 is 0 Å². The SMILES string of the molecule is Cc1ccc(S(=N)(=O)c2ccc(C(=O)Nc3cc(-c4ccc(F)cc4)ccc3N)cc2)nc1. The van der Waals surface area contributed by atoms with E-state index in [1.807, 2.05) is 6.92 Å². The topological polar surface area (TPSA) is 109 Å². The van der Waals surface area contributed by atoms with Crippen molar-refractivity contribution in [1.82, 2.24) is 4.98 Å². The van der Waals surface area contributed by atoms with Gasteiger partial charge in [-0.2, -0.15) is 0 Å². The van der Waals surface area contributed by atoms with Gasteiger partial charge in [-0.25, -0.2) is 18.4 Å². The Morgan fingerprint density at radius 1 is 0.970 bits per heavy atom. The van der Waals surface area contributed by atoms with Gasteiger partial charge in [-0.3, -0.25) is 4.79 Å². The van der Waals surface area contributed by atoms with Crippen molar-refractivity contribution < 1.29 is 13.4 Å². The molecule has 166 valence electrons. The van der Waals surface area contributed by atoms with Gasteiger partial charge in [0.25, 0.3) is 5.91 Å². The number of aromatic nitrogens is 1. The zero-order valence-electron chi connectivity index (χ0n) is 17.7. The van der Waals surface area contributed by atoms with Crippen molar-refractivity contribution in [3.8, 4) is 11.1 Å². The molecule has 4 N–H and O–H groups in total. The Morgan fingerprint density at radius 2 is 1.64 bits per heavy atom. The van der Waals surface area contributed by atoms with Gasteiger partial charge in [0.2, 0.25) is 0 Å². The van der Waals surface area contributed by atoms with Crippen LogP contribution in [0, 0.1) is 17.5 Å². The van der Waals surface area contributed by atoms with Crippen LogP contribution in [0.4, 0.5) is 15.8 Å². The molecule has 0 radical (unpaired) electrons. The Hall–Kier alpha value is -4.04. The maximum atomic E-state index is 13.2. The van der Waals surface area contributed by atoms with Crippen molar-refractivity contribution in [2.75, 3.05) is 11.1 Å². The molecule has 1 unspecified atom stereocenters. The van der Waals surface area contributed by atoms with Crippen molar-refractivity contribution in [3.63, 3.8) is 0 Å². The first kappa shape index (κ1) is 22.2. The minimum absolute atomic E-state index is 0.163. The molecule has 4 aromatic rings. The summed E-state index contributed by atoms with van der Waals surface area (Å²) in [5.74, 6) is -0.740. The molecule has 1 amide bonds. The van der Waals surface area contributed by atoms with Gasteiger partial charge < -0.3 is 11.1 Å². The standard InChI is InChI=1S/C25H21FN4O2S/c1-16-2-13-24(29-15-16)33(28,32)21-10-5-18(6-11-21)25(31)30-23-14-19(7-12-22(23)27)17-3-8-20(26)9-4-17/h2-15,28H,27H2,1H3,(H,30,31). The van der Waals surface area contributed by atoms with Crippen LogP contribution in [-0.4, -0.2) is 15.1 Å². The molecule has 6 nitrogen and oxygen atoms in total. The third-order valence-corrected chi connectivity index (χ3v) is 6.87. The van der Waals surface area contributed by atoms with E-state index in [4.69, 9.17) is 10.5 Å². The van der Waals surface area contributed by atoms with Gasteiger partial charge in [0, 0.05) is 11.8 Å². The molecule has 1 heterocycles. The van der Waals surface area contributed by atoms with Gasteiger partial charge in [-0.15, -0.1) is 0 Å². The number of pyridine rings is 1. The monoisotopic (exact) mass is 460 g/mol. The maximum Gasteiger partial charge on any atom is 0.255 e. The highest BCUT2D eigenvalue weighted by molar-refractivity contribution is 7.92. The summed E-state index contributed by atoms with van der Waals surface area (Å²) in [7, 11) is -3.29. The summed E-state index contributed by atoms with van der Waals surface area (Å²) in [4.78, 5) is 17.1. The molecule has 0 aliphatic carbocycles. The first-order chi connectivity index (χ1) is 15.7. The molecule has 0 saturated carbocycles. The number of amides is 1. The number of benzene rings is 3. The lowest BCUT2D eigenvalue weighted by atomic mass is 10.0. The molecule has 0 spiro atoms. The largest absolute Gasteiger partial charge is 0.397 e. The van der Waals surface area contributed by atoms with E-state index in [0.29, 0.717) is 16.9 Å². The van der Waals surface area contributed by atoms with Gasteiger partial charge in [0.1, 0.15) is 20.6 Å². The number of hydrogen-bond acceptors (Lipinski definition) is 5. The molecule has 3 aromatic carbocycles. The fourth-order valence-corrected chi connectivity index (χ4v) is 4.45. The molecular weight excluding hydrogens is 439 g/mol. The predicted octanol–water partition coefficient (Wildman–Crippen LogP) is 5.50. The van der Waals surface area contributed by atoms with Gasteiger partial charge in [0.15, 0.2) is 0 Å². The molecule has 0 aliphatic heterocycles. The molecular formula is C25H21FN4O2S. The average molecular weight is 461 g/mol. The Bertz CT molecular complexity index is 1420. The Labute approximate surface area is 191 Å². The normalized spacial score (nSPS) is 12.7. The number of halogens is 1. The highest BCUT2D eigenvalue weighted by Crippen LogP contribution is 2.28. The maximum absolute atomic E-state index is 13.2. The third-order valence-electron chi connectivity index (χ3n) is 5.11. The van der Waals surface area contributed by atoms with Crippen LogP contribution >= 0.6 is 0 Å². The second-order valence-electron chi connectivity index (χ2n) is 7.52. The van der Waals surface area contributed by atoms with Crippen LogP contribution in [0.5, 0.6) is 0 Å². The summed E-state index contributed by atoms with van der Waals surface area (Å²) in [6, 6.07) is 20.5. The van der Waals surface area contributed by atoms with Crippen LogP contribution < -0.4 is 11.1 Å². The number of carbonyl (C=O) groups is 1. The summed E-state index contributed by atoms with van der Waals surface area (Å²) in [6.07, 6.45) is 1.57. The lowest BCUT2D eigenvalue weighted by Gasteiger charge is -2.12. The number of nitrogen functional groups attached to an aromatic ring is 1. The summed E-state index contributed by atoms with van der Waals surface area (Å²) >= 11 is 0. The second-order valence-corrected chi connectivity index (χ2v) is 9.52. The van der Waals surface area contributed by atoms with E-state index in [1.165, 1.54) is 36.4 Å². The first-order valence-electron chi connectivity index (χ1n) is 10.0. The molecule has 1 aromatic heterocycles. The number of nitrogens with one attached hydrogen (secondary N) is 2. The van der Waals surface area contributed by atoms with Crippen LogP contribution in [-0.2, 0) is 9.73 Å². The summed E-state index contributed by atoms with van der Waals surface area (Å²) < 4.78 is 34.5. The van der Waals surface area contributed by atoms with E-state index in [-0.39, 0.29) is 15.7 Å². The second kappa shape index (κ2) is 8.84.